The molecular weight excluding hydrogens is 275 g/mol. The molecule has 5 heteroatoms. The first-order chi connectivity index (χ1) is 8.99. The minimum atomic E-state index is -0.683. The number of anilines is 1. The van der Waals surface area contributed by atoms with E-state index in [0.717, 1.165) is 0 Å². The predicted molar refractivity (Wildman–Crippen MR) is 69.8 cm³/mol. The number of aryl methyl sites for hydroxylation is 1. The van der Waals surface area contributed by atoms with Crippen molar-refractivity contribution in [1.82, 2.24) is 0 Å². The molecule has 0 fully saturated rings. The quantitative estimate of drug-likeness (QED) is 0.863. The summed E-state index contributed by atoms with van der Waals surface area (Å²) >= 11 is 5.55. The molecule has 0 heterocycles. The Hall–Kier alpha value is -1.68. The lowest BCUT2D eigenvalue weighted by Crippen LogP contribution is -2.05. The highest BCUT2D eigenvalue weighted by atomic mass is 35.5. The standard InChI is InChI=1S/C14H11ClF3N/c1-8-2-5-11(16)14(13(8)18)19-7-9-3-4-10(15)12(17)6-9/h2-6,19H,7H2,1H3. The highest BCUT2D eigenvalue weighted by Gasteiger charge is 2.11. The normalized spacial score (nSPS) is 10.6. The fourth-order valence-corrected chi connectivity index (χ4v) is 1.78. The van der Waals surface area contributed by atoms with Crippen LogP contribution in [0.3, 0.4) is 0 Å². The van der Waals surface area contributed by atoms with Crippen molar-refractivity contribution in [3.8, 4) is 0 Å². The van der Waals surface area contributed by atoms with Crippen molar-refractivity contribution in [3.05, 3.63) is 63.9 Å². The van der Waals surface area contributed by atoms with Crippen LogP contribution in [-0.2, 0) is 6.54 Å². The molecule has 100 valence electrons. The number of nitrogens with one attached hydrogen (secondary N) is 1. The van der Waals surface area contributed by atoms with Gasteiger partial charge in [-0.2, -0.15) is 0 Å². The SMILES string of the molecule is Cc1ccc(F)c(NCc2ccc(Cl)c(F)c2)c1F. The Morgan fingerprint density at radius 3 is 2.47 bits per heavy atom. The molecule has 2 aromatic carbocycles. The molecule has 19 heavy (non-hydrogen) atoms. The molecule has 1 N–H and O–H groups in total. The van der Waals surface area contributed by atoms with Gasteiger partial charge in [0.15, 0.2) is 5.82 Å². The van der Waals surface area contributed by atoms with E-state index in [1.165, 1.54) is 24.3 Å². The van der Waals surface area contributed by atoms with E-state index in [-0.39, 0.29) is 17.3 Å². The van der Waals surface area contributed by atoms with Crippen LogP contribution in [0.1, 0.15) is 11.1 Å². The summed E-state index contributed by atoms with van der Waals surface area (Å²) < 4.78 is 40.4. The Kier molecular flexibility index (Phi) is 4.00. The zero-order chi connectivity index (χ0) is 14.0. The number of rotatable bonds is 3. The number of hydrogen-bond donors (Lipinski definition) is 1. The van der Waals surface area contributed by atoms with E-state index < -0.39 is 17.5 Å². The van der Waals surface area contributed by atoms with Gasteiger partial charge in [0, 0.05) is 6.54 Å². The third-order valence-corrected chi connectivity index (χ3v) is 3.04. The molecule has 0 aliphatic rings. The van der Waals surface area contributed by atoms with E-state index in [9.17, 15) is 13.2 Å². The van der Waals surface area contributed by atoms with Gasteiger partial charge in [-0.3, -0.25) is 0 Å². The predicted octanol–water partition coefficient (Wildman–Crippen LogP) is 4.68. The fourth-order valence-electron chi connectivity index (χ4n) is 1.66. The highest BCUT2D eigenvalue weighted by molar-refractivity contribution is 6.30. The Morgan fingerprint density at radius 1 is 1.05 bits per heavy atom. The molecule has 0 amide bonds. The maximum Gasteiger partial charge on any atom is 0.152 e. The first kappa shape index (κ1) is 13.7. The van der Waals surface area contributed by atoms with Crippen LogP contribution in [0.2, 0.25) is 5.02 Å². The molecule has 0 unspecified atom stereocenters. The van der Waals surface area contributed by atoms with Crippen LogP contribution in [0.15, 0.2) is 30.3 Å². The molecule has 0 saturated heterocycles. The first-order valence-electron chi connectivity index (χ1n) is 5.61. The van der Waals surface area contributed by atoms with Gasteiger partial charge < -0.3 is 5.32 Å². The monoisotopic (exact) mass is 285 g/mol. The molecule has 2 aromatic rings. The third-order valence-electron chi connectivity index (χ3n) is 2.74. The summed E-state index contributed by atoms with van der Waals surface area (Å²) in [5.74, 6) is -1.89. The van der Waals surface area contributed by atoms with Crippen molar-refractivity contribution in [2.24, 2.45) is 0 Å². The molecule has 0 atom stereocenters. The summed E-state index contributed by atoms with van der Waals surface area (Å²) in [7, 11) is 0. The maximum atomic E-state index is 13.7. The molecular formula is C14H11ClF3N. The number of hydrogen-bond acceptors (Lipinski definition) is 1. The highest BCUT2D eigenvalue weighted by Crippen LogP contribution is 2.23. The number of halogens is 4. The topological polar surface area (TPSA) is 12.0 Å². The lowest BCUT2D eigenvalue weighted by Gasteiger charge is -2.10. The van der Waals surface area contributed by atoms with Crippen molar-refractivity contribution in [1.29, 1.82) is 0 Å². The Labute approximate surface area is 114 Å². The molecule has 0 spiro atoms. The van der Waals surface area contributed by atoms with Crippen molar-refractivity contribution in [3.63, 3.8) is 0 Å². The van der Waals surface area contributed by atoms with Gasteiger partial charge in [0.1, 0.15) is 17.3 Å². The van der Waals surface area contributed by atoms with Gasteiger partial charge in [-0.05, 0) is 36.2 Å². The molecule has 0 aromatic heterocycles. The van der Waals surface area contributed by atoms with Crippen LogP contribution in [-0.4, -0.2) is 0 Å². The average molecular weight is 286 g/mol. The second-order valence-corrected chi connectivity index (χ2v) is 4.56. The Balaban J connectivity index is 2.19. The van der Waals surface area contributed by atoms with E-state index in [1.807, 2.05) is 0 Å². The average Bonchev–Trinajstić information content (AvgIpc) is 2.38. The first-order valence-corrected chi connectivity index (χ1v) is 5.99. The van der Waals surface area contributed by atoms with Gasteiger partial charge in [-0.15, -0.1) is 0 Å². The smallest absolute Gasteiger partial charge is 0.152 e. The molecule has 0 saturated carbocycles. The van der Waals surface area contributed by atoms with Crippen LogP contribution in [0.5, 0.6) is 0 Å². The third kappa shape index (κ3) is 3.01. The minimum absolute atomic E-state index is 0.0108. The molecule has 0 radical (unpaired) electrons. The van der Waals surface area contributed by atoms with E-state index in [2.05, 4.69) is 5.32 Å². The summed E-state index contributed by atoms with van der Waals surface area (Å²) in [5.41, 5.74) is 0.670. The van der Waals surface area contributed by atoms with Gasteiger partial charge >= 0.3 is 0 Å². The summed E-state index contributed by atoms with van der Waals surface area (Å²) in [6.45, 7) is 1.65. The maximum absolute atomic E-state index is 13.7. The van der Waals surface area contributed by atoms with Gasteiger partial charge in [-0.25, -0.2) is 13.2 Å². The summed E-state index contributed by atoms with van der Waals surface area (Å²) in [4.78, 5) is 0. The summed E-state index contributed by atoms with van der Waals surface area (Å²) in [6, 6.07) is 6.75. The fraction of sp³-hybridized carbons (Fsp3) is 0.143. The lowest BCUT2D eigenvalue weighted by atomic mass is 10.1. The molecule has 0 aliphatic heterocycles. The van der Waals surface area contributed by atoms with Gasteiger partial charge in [0.2, 0.25) is 0 Å². The molecule has 0 aliphatic carbocycles. The molecule has 2 rings (SSSR count). The van der Waals surface area contributed by atoms with E-state index in [0.29, 0.717) is 11.1 Å². The molecule has 1 nitrogen and oxygen atoms in total. The zero-order valence-electron chi connectivity index (χ0n) is 10.1. The Bertz CT molecular complexity index is 614. The van der Waals surface area contributed by atoms with Gasteiger partial charge in [0.05, 0.1) is 5.02 Å². The van der Waals surface area contributed by atoms with Crippen molar-refractivity contribution in [2.75, 3.05) is 5.32 Å². The molecule has 0 bridgehead atoms. The number of benzene rings is 2. The van der Waals surface area contributed by atoms with Crippen molar-refractivity contribution >= 4 is 17.3 Å². The van der Waals surface area contributed by atoms with Crippen molar-refractivity contribution in [2.45, 2.75) is 13.5 Å². The Morgan fingerprint density at radius 2 is 1.79 bits per heavy atom. The zero-order valence-corrected chi connectivity index (χ0v) is 10.9. The minimum Gasteiger partial charge on any atom is -0.376 e. The van der Waals surface area contributed by atoms with E-state index in [1.54, 1.807) is 13.0 Å². The van der Waals surface area contributed by atoms with Crippen LogP contribution >= 0.6 is 11.6 Å². The largest absolute Gasteiger partial charge is 0.376 e. The van der Waals surface area contributed by atoms with Crippen LogP contribution in [0.25, 0.3) is 0 Å². The second-order valence-electron chi connectivity index (χ2n) is 4.16. The van der Waals surface area contributed by atoms with E-state index in [4.69, 9.17) is 11.6 Å². The van der Waals surface area contributed by atoms with Crippen LogP contribution in [0.4, 0.5) is 18.9 Å². The van der Waals surface area contributed by atoms with Crippen LogP contribution in [0, 0.1) is 24.4 Å². The van der Waals surface area contributed by atoms with Crippen molar-refractivity contribution < 1.29 is 13.2 Å². The van der Waals surface area contributed by atoms with Gasteiger partial charge in [0.25, 0.3) is 0 Å². The second kappa shape index (κ2) is 5.53. The van der Waals surface area contributed by atoms with Gasteiger partial charge in [-0.1, -0.05) is 23.7 Å². The van der Waals surface area contributed by atoms with Crippen LogP contribution < -0.4 is 5.32 Å². The van der Waals surface area contributed by atoms with E-state index >= 15 is 0 Å². The summed E-state index contributed by atoms with van der Waals surface area (Å²) in [6.07, 6.45) is 0. The lowest BCUT2D eigenvalue weighted by molar-refractivity contribution is 0.582. The summed E-state index contributed by atoms with van der Waals surface area (Å²) in [5, 5.41) is 2.64.